The molecule has 80 valence electrons. The predicted molar refractivity (Wildman–Crippen MR) is 66.2 cm³/mol. The van der Waals surface area contributed by atoms with Gasteiger partial charge in [0.15, 0.2) is 0 Å². The van der Waals surface area contributed by atoms with Crippen LogP contribution in [0.25, 0.3) is 0 Å². The van der Waals surface area contributed by atoms with Crippen molar-refractivity contribution in [2.75, 3.05) is 0 Å². The first-order valence-electron chi connectivity index (χ1n) is 5.92. The number of aryl methyl sites for hydroxylation is 2. The Morgan fingerprint density at radius 1 is 0.857 bits per heavy atom. The maximum absolute atomic E-state index is 2.35. The maximum Gasteiger partial charge on any atom is -0.00584 e. The zero-order valence-corrected chi connectivity index (χ0v) is 10.3. The van der Waals surface area contributed by atoms with E-state index in [-0.39, 0.29) is 0 Å². The van der Waals surface area contributed by atoms with Gasteiger partial charge in [-0.2, -0.15) is 11.3 Å². The standard InChI is InChI=1S/C13H22S/c1-3-5-7-9-13-11-14-10-12(13)8-6-4-2/h10-11H,3-9H2,1-2H3. The molecule has 0 atom stereocenters. The Morgan fingerprint density at radius 3 is 2.00 bits per heavy atom. The van der Waals surface area contributed by atoms with Crippen molar-refractivity contribution < 1.29 is 0 Å². The Bertz CT molecular complexity index is 237. The van der Waals surface area contributed by atoms with Gasteiger partial charge >= 0.3 is 0 Å². The van der Waals surface area contributed by atoms with E-state index in [1.54, 1.807) is 11.1 Å². The van der Waals surface area contributed by atoms with Gasteiger partial charge in [0, 0.05) is 0 Å². The van der Waals surface area contributed by atoms with E-state index >= 15 is 0 Å². The smallest absolute Gasteiger partial charge is 0.00584 e. The van der Waals surface area contributed by atoms with Crippen molar-refractivity contribution >= 4 is 11.3 Å². The molecular weight excluding hydrogens is 188 g/mol. The second-order valence-corrected chi connectivity index (χ2v) is 4.73. The fourth-order valence-electron chi connectivity index (χ4n) is 1.72. The van der Waals surface area contributed by atoms with Crippen LogP contribution in [0.15, 0.2) is 10.8 Å². The summed E-state index contributed by atoms with van der Waals surface area (Å²) in [4.78, 5) is 0. The van der Waals surface area contributed by atoms with Crippen molar-refractivity contribution in [1.82, 2.24) is 0 Å². The van der Waals surface area contributed by atoms with Crippen LogP contribution in [-0.4, -0.2) is 0 Å². The van der Waals surface area contributed by atoms with E-state index < -0.39 is 0 Å². The van der Waals surface area contributed by atoms with Gasteiger partial charge in [0.05, 0.1) is 0 Å². The third-order valence-corrected chi connectivity index (χ3v) is 3.52. The Morgan fingerprint density at radius 2 is 1.43 bits per heavy atom. The van der Waals surface area contributed by atoms with Gasteiger partial charge in [0.2, 0.25) is 0 Å². The van der Waals surface area contributed by atoms with Gasteiger partial charge in [-0.25, -0.2) is 0 Å². The molecule has 0 aromatic carbocycles. The molecule has 1 heteroatoms. The Balaban J connectivity index is 2.37. The molecule has 0 fully saturated rings. The van der Waals surface area contributed by atoms with E-state index in [0.717, 1.165) is 0 Å². The first kappa shape index (κ1) is 11.8. The first-order valence-corrected chi connectivity index (χ1v) is 6.86. The van der Waals surface area contributed by atoms with Gasteiger partial charge < -0.3 is 0 Å². The molecule has 0 aliphatic carbocycles. The Labute approximate surface area is 92.4 Å². The molecule has 1 rings (SSSR count). The molecular formula is C13H22S. The van der Waals surface area contributed by atoms with Crippen LogP contribution in [0.1, 0.15) is 57.1 Å². The molecule has 0 nitrogen and oxygen atoms in total. The molecule has 0 radical (unpaired) electrons. The topological polar surface area (TPSA) is 0 Å². The largest absolute Gasteiger partial charge is 0.152 e. The molecule has 0 N–H and O–H groups in total. The minimum atomic E-state index is 1.29. The van der Waals surface area contributed by atoms with Crippen molar-refractivity contribution in [2.24, 2.45) is 0 Å². The van der Waals surface area contributed by atoms with E-state index in [2.05, 4.69) is 24.6 Å². The lowest BCUT2D eigenvalue weighted by molar-refractivity contribution is 0.710. The third-order valence-electron chi connectivity index (χ3n) is 2.68. The van der Waals surface area contributed by atoms with Crippen molar-refractivity contribution in [2.45, 2.75) is 58.8 Å². The SMILES string of the molecule is CCCCCc1cscc1CCCC. The molecule has 0 amide bonds. The average molecular weight is 210 g/mol. The molecule has 1 aromatic rings. The van der Waals surface area contributed by atoms with Crippen LogP contribution < -0.4 is 0 Å². The summed E-state index contributed by atoms with van der Waals surface area (Å²) < 4.78 is 0. The summed E-state index contributed by atoms with van der Waals surface area (Å²) in [6, 6.07) is 0. The van der Waals surface area contributed by atoms with E-state index in [1.165, 1.54) is 44.9 Å². The van der Waals surface area contributed by atoms with Crippen molar-refractivity contribution in [3.63, 3.8) is 0 Å². The van der Waals surface area contributed by atoms with Crippen molar-refractivity contribution in [3.05, 3.63) is 21.9 Å². The minimum Gasteiger partial charge on any atom is -0.152 e. The second-order valence-electron chi connectivity index (χ2n) is 3.98. The third kappa shape index (κ3) is 3.83. The normalized spacial score (nSPS) is 10.7. The van der Waals surface area contributed by atoms with E-state index in [0.29, 0.717) is 0 Å². The van der Waals surface area contributed by atoms with Gasteiger partial charge in [0.1, 0.15) is 0 Å². The van der Waals surface area contributed by atoms with Gasteiger partial charge in [-0.3, -0.25) is 0 Å². The highest BCUT2D eigenvalue weighted by atomic mass is 32.1. The maximum atomic E-state index is 2.35. The molecule has 1 heterocycles. The first-order chi connectivity index (χ1) is 6.88. The second kappa shape index (κ2) is 7.05. The lowest BCUT2D eigenvalue weighted by Crippen LogP contribution is -1.90. The summed E-state index contributed by atoms with van der Waals surface area (Å²) in [7, 11) is 0. The molecule has 0 aliphatic heterocycles. The van der Waals surface area contributed by atoms with E-state index in [1.807, 2.05) is 11.3 Å². The Kier molecular flexibility index (Phi) is 5.93. The zero-order valence-electron chi connectivity index (χ0n) is 9.51. The Hall–Kier alpha value is -0.300. The van der Waals surface area contributed by atoms with Crippen LogP contribution in [0.2, 0.25) is 0 Å². The predicted octanol–water partition coefficient (Wildman–Crippen LogP) is 4.82. The van der Waals surface area contributed by atoms with Crippen LogP contribution in [0, 0.1) is 0 Å². The number of hydrogen-bond donors (Lipinski definition) is 0. The number of hydrogen-bond acceptors (Lipinski definition) is 1. The fraction of sp³-hybridized carbons (Fsp3) is 0.692. The molecule has 0 spiro atoms. The summed E-state index contributed by atoms with van der Waals surface area (Å²) in [5, 5.41) is 4.69. The summed E-state index contributed by atoms with van der Waals surface area (Å²) in [6.45, 7) is 4.54. The van der Waals surface area contributed by atoms with E-state index in [4.69, 9.17) is 0 Å². The average Bonchev–Trinajstić information content (AvgIpc) is 2.63. The van der Waals surface area contributed by atoms with Crippen molar-refractivity contribution in [1.29, 1.82) is 0 Å². The van der Waals surface area contributed by atoms with Crippen LogP contribution in [0.4, 0.5) is 0 Å². The van der Waals surface area contributed by atoms with Gasteiger partial charge in [-0.1, -0.05) is 33.1 Å². The van der Waals surface area contributed by atoms with Gasteiger partial charge in [-0.15, -0.1) is 0 Å². The fourth-order valence-corrected chi connectivity index (χ4v) is 2.66. The molecule has 0 saturated heterocycles. The highest BCUT2D eigenvalue weighted by Gasteiger charge is 2.02. The summed E-state index contributed by atoms with van der Waals surface area (Å²) in [6.07, 6.45) is 9.32. The number of rotatable bonds is 7. The van der Waals surface area contributed by atoms with Gasteiger partial charge in [0.25, 0.3) is 0 Å². The minimum absolute atomic E-state index is 1.29. The van der Waals surface area contributed by atoms with Crippen molar-refractivity contribution in [3.8, 4) is 0 Å². The molecule has 14 heavy (non-hydrogen) atoms. The molecule has 0 aliphatic rings. The molecule has 0 bridgehead atoms. The van der Waals surface area contributed by atoms with Crippen LogP contribution >= 0.6 is 11.3 Å². The van der Waals surface area contributed by atoms with Crippen LogP contribution in [-0.2, 0) is 12.8 Å². The van der Waals surface area contributed by atoms with E-state index in [9.17, 15) is 0 Å². The molecule has 0 unspecified atom stereocenters. The van der Waals surface area contributed by atoms with Crippen LogP contribution in [0.5, 0.6) is 0 Å². The molecule has 1 aromatic heterocycles. The summed E-state index contributed by atoms with van der Waals surface area (Å²) in [5.41, 5.74) is 3.24. The summed E-state index contributed by atoms with van der Waals surface area (Å²) in [5.74, 6) is 0. The number of unbranched alkanes of at least 4 members (excludes halogenated alkanes) is 3. The van der Waals surface area contributed by atoms with Crippen LogP contribution in [0.3, 0.4) is 0 Å². The lowest BCUT2D eigenvalue weighted by Gasteiger charge is -2.02. The summed E-state index contributed by atoms with van der Waals surface area (Å²) >= 11 is 1.87. The zero-order chi connectivity index (χ0) is 10.2. The lowest BCUT2D eigenvalue weighted by atomic mass is 10.0. The molecule has 0 saturated carbocycles. The highest BCUT2D eigenvalue weighted by molar-refractivity contribution is 7.08. The quantitative estimate of drug-likeness (QED) is 0.566. The van der Waals surface area contributed by atoms with Gasteiger partial charge in [-0.05, 0) is 47.6 Å². The highest BCUT2D eigenvalue weighted by Crippen LogP contribution is 2.19. The monoisotopic (exact) mass is 210 g/mol. The number of thiophene rings is 1.